The van der Waals surface area contributed by atoms with Crippen LogP contribution < -0.4 is 10.0 Å². The third-order valence-corrected chi connectivity index (χ3v) is 6.76. The molecule has 1 heterocycles. The van der Waals surface area contributed by atoms with E-state index in [1.54, 1.807) is 50.4 Å². The van der Waals surface area contributed by atoms with E-state index in [9.17, 15) is 13.2 Å². The Morgan fingerprint density at radius 3 is 2.50 bits per heavy atom. The average Bonchev–Trinajstić information content (AvgIpc) is 3.04. The Kier molecular flexibility index (Phi) is 6.03. The third-order valence-electron chi connectivity index (χ3n) is 3.52. The zero-order valence-electron chi connectivity index (χ0n) is 13.5. The van der Waals surface area contributed by atoms with E-state index < -0.39 is 22.0 Å². The van der Waals surface area contributed by atoms with Gasteiger partial charge < -0.3 is 5.32 Å². The summed E-state index contributed by atoms with van der Waals surface area (Å²) in [5.41, 5.74) is 1.30. The third kappa shape index (κ3) is 4.36. The maximum absolute atomic E-state index is 12.6. The largest absolute Gasteiger partial charge is 0.324 e. The standard InChI is InChI=1S/C16H19ClN2O3S2/c1-10(2)15(19-24(21,22)14-8-5-9-23-14)16(20)18-13-7-4-6-12(17)11(13)3/h4-10,15,19H,1-3H3,(H,18,20)/t15-/m1/s1. The number of nitrogens with one attached hydrogen (secondary N) is 2. The molecule has 2 rings (SSSR count). The van der Waals surface area contributed by atoms with Gasteiger partial charge in [0.1, 0.15) is 10.3 Å². The van der Waals surface area contributed by atoms with Gasteiger partial charge in [-0.25, -0.2) is 8.42 Å². The van der Waals surface area contributed by atoms with E-state index >= 15 is 0 Å². The van der Waals surface area contributed by atoms with Gasteiger partial charge in [-0.3, -0.25) is 4.79 Å². The highest BCUT2D eigenvalue weighted by Crippen LogP contribution is 2.24. The molecule has 0 aliphatic carbocycles. The summed E-state index contributed by atoms with van der Waals surface area (Å²) in [6.07, 6.45) is 0. The predicted molar refractivity (Wildman–Crippen MR) is 98.1 cm³/mol. The smallest absolute Gasteiger partial charge is 0.250 e. The molecule has 1 aromatic heterocycles. The Labute approximate surface area is 151 Å². The summed E-state index contributed by atoms with van der Waals surface area (Å²) in [6.45, 7) is 5.36. The van der Waals surface area contributed by atoms with Crippen molar-refractivity contribution in [1.82, 2.24) is 4.72 Å². The average molecular weight is 387 g/mol. The summed E-state index contributed by atoms with van der Waals surface area (Å²) < 4.78 is 27.4. The molecule has 5 nitrogen and oxygen atoms in total. The SMILES string of the molecule is Cc1c(Cl)cccc1NC(=O)[C@H](NS(=O)(=O)c1cccs1)C(C)C. The number of amides is 1. The van der Waals surface area contributed by atoms with Crippen LogP contribution in [0, 0.1) is 12.8 Å². The molecule has 0 radical (unpaired) electrons. The minimum atomic E-state index is -3.74. The van der Waals surface area contributed by atoms with Crippen molar-refractivity contribution in [2.75, 3.05) is 5.32 Å². The highest BCUT2D eigenvalue weighted by atomic mass is 35.5. The van der Waals surface area contributed by atoms with Gasteiger partial charge in [0, 0.05) is 10.7 Å². The molecule has 2 aromatic rings. The van der Waals surface area contributed by atoms with Gasteiger partial charge in [-0.05, 0) is 42.0 Å². The normalized spacial score (nSPS) is 13.0. The van der Waals surface area contributed by atoms with Crippen LogP contribution in [-0.4, -0.2) is 20.4 Å². The quantitative estimate of drug-likeness (QED) is 0.795. The molecule has 130 valence electrons. The van der Waals surface area contributed by atoms with Crippen LogP contribution in [-0.2, 0) is 14.8 Å². The number of benzene rings is 1. The van der Waals surface area contributed by atoms with Crippen molar-refractivity contribution < 1.29 is 13.2 Å². The second-order valence-corrected chi connectivity index (χ2v) is 8.97. The molecule has 2 N–H and O–H groups in total. The molecule has 1 aromatic carbocycles. The Hall–Kier alpha value is -1.41. The van der Waals surface area contributed by atoms with E-state index in [1.807, 2.05) is 0 Å². The van der Waals surface area contributed by atoms with Crippen molar-refractivity contribution in [3.05, 3.63) is 46.3 Å². The molecule has 1 atom stereocenters. The topological polar surface area (TPSA) is 75.3 Å². The van der Waals surface area contributed by atoms with Crippen LogP contribution in [0.2, 0.25) is 5.02 Å². The molecule has 0 saturated carbocycles. The minimum absolute atomic E-state index is 0.180. The highest BCUT2D eigenvalue weighted by molar-refractivity contribution is 7.91. The van der Waals surface area contributed by atoms with Crippen LogP contribution in [0.15, 0.2) is 39.9 Å². The van der Waals surface area contributed by atoms with Gasteiger partial charge in [0.25, 0.3) is 10.0 Å². The molecule has 8 heteroatoms. The fourth-order valence-electron chi connectivity index (χ4n) is 2.09. The Bertz CT molecular complexity index is 818. The van der Waals surface area contributed by atoms with Crippen molar-refractivity contribution in [3.63, 3.8) is 0 Å². The van der Waals surface area contributed by atoms with Gasteiger partial charge in [-0.2, -0.15) is 4.72 Å². The number of halogens is 1. The first-order valence-corrected chi connectivity index (χ1v) is 10.1. The van der Waals surface area contributed by atoms with E-state index in [1.165, 1.54) is 6.07 Å². The number of rotatable bonds is 6. The molecule has 0 bridgehead atoms. The van der Waals surface area contributed by atoms with Crippen LogP contribution in [0.1, 0.15) is 19.4 Å². The van der Waals surface area contributed by atoms with Gasteiger partial charge in [-0.1, -0.05) is 37.6 Å². The molecule has 24 heavy (non-hydrogen) atoms. The summed E-state index contributed by atoms with van der Waals surface area (Å²) in [6, 6.07) is 7.44. The molecule has 1 amide bonds. The zero-order valence-corrected chi connectivity index (χ0v) is 15.9. The number of anilines is 1. The number of carbonyl (C=O) groups is 1. The Morgan fingerprint density at radius 1 is 1.21 bits per heavy atom. The summed E-state index contributed by atoms with van der Waals surface area (Å²) in [5, 5.41) is 4.96. The fourth-order valence-corrected chi connectivity index (χ4v) is 4.62. The first kappa shape index (κ1) is 18.9. The molecular weight excluding hydrogens is 368 g/mol. The number of hydrogen-bond donors (Lipinski definition) is 2. The lowest BCUT2D eigenvalue weighted by Gasteiger charge is -2.22. The van der Waals surface area contributed by atoms with Crippen LogP contribution in [0.4, 0.5) is 5.69 Å². The zero-order chi connectivity index (χ0) is 17.9. The van der Waals surface area contributed by atoms with E-state index in [4.69, 9.17) is 11.6 Å². The highest BCUT2D eigenvalue weighted by Gasteiger charge is 2.29. The molecule has 0 saturated heterocycles. The van der Waals surface area contributed by atoms with Crippen LogP contribution in [0.5, 0.6) is 0 Å². The maximum Gasteiger partial charge on any atom is 0.250 e. The molecule has 0 aliphatic heterocycles. The van der Waals surface area contributed by atoms with Crippen molar-refractivity contribution >= 4 is 44.6 Å². The van der Waals surface area contributed by atoms with Crippen molar-refractivity contribution in [1.29, 1.82) is 0 Å². The molecule has 0 spiro atoms. The number of sulfonamides is 1. The monoisotopic (exact) mass is 386 g/mol. The lowest BCUT2D eigenvalue weighted by molar-refractivity contribution is -0.118. The second-order valence-electron chi connectivity index (χ2n) is 5.68. The molecule has 0 unspecified atom stereocenters. The number of hydrogen-bond acceptors (Lipinski definition) is 4. The van der Waals surface area contributed by atoms with E-state index in [0.717, 1.165) is 16.9 Å². The van der Waals surface area contributed by atoms with Crippen molar-refractivity contribution in [2.24, 2.45) is 5.92 Å². The predicted octanol–water partition coefficient (Wildman–Crippen LogP) is 3.65. The lowest BCUT2D eigenvalue weighted by atomic mass is 10.0. The summed E-state index contributed by atoms with van der Waals surface area (Å²) in [5.74, 6) is -0.644. The van der Waals surface area contributed by atoms with E-state index in [0.29, 0.717) is 10.7 Å². The summed E-state index contributed by atoms with van der Waals surface area (Å²) in [4.78, 5) is 12.6. The van der Waals surface area contributed by atoms with Crippen LogP contribution in [0.3, 0.4) is 0 Å². The maximum atomic E-state index is 12.6. The molecular formula is C16H19ClN2O3S2. The van der Waals surface area contributed by atoms with Crippen LogP contribution in [0.25, 0.3) is 0 Å². The fraction of sp³-hybridized carbons (Fsp3) is 0.312. The summed E-state index contributed by atoms with van der Waals surface area (Å²) in [7, 11) is -3.74. The van der Waals surface area contributed by atoms with Gasteiger partial charge in [0.2, 0.25) is 5.91 Å². The molecule has 0 aliphatic rings. The lowest BCUT2D eigenvalue weighted by Crippen LogP contribution is -2.46. The van der Waals surface area contributed by atoms with Gasteiger partial charge in [0.05, 0.1) is 0 Å². The van der Waals surface area contributed by atoms with Crippen LogP contribution >= 0.6 is 22.9 Å². The van der Waals surface area contributed by atoms with Gasteiger partial charge >= 0.3 is 0 Å². The van der Waals surface area contributed by atoms with E-state index in [-0.39, 0.29) is 10.1 Å². The van der Waals surface area contributed by atoms with Gasteiger partial charge in [-0.15, -0.1) is 11.3 Å². The minimum Gasteiger partial charge on any atom is -0.324 e. The number of thiophene rings is 1. The first-order chi connectivity index (χ1) is 11.2. The first-order valence-electron chi connectivity index (χ1n) is 7.34. The molecule has 0 fully saturated rings. The van der Waals surface area contributed by atoms with E-state index in [2.05, 4.69) is 10.0 Å². The van der Waals surface area contributed by atoms with Gasteiger partial charge in [0.15, 0.2) is 0 Å². The Balaban J connectivity index is 2.21. The summed E-state index contributed by atoms with van der Waals surface area (Å²) >= 11 is 7.16. The second kappa shape index (κ2) is 7.65. The van der Waals surface area contributed by atoms with Crippen molar-refractivity contribution in [2.45, 2.75) is 31.0 Å². The van der Waals surface area contributed by atoms with Crippen molar-refractivity contribution in [3.8, 4) is 0 Å². The number of carbonyl (C=O) groups excluding carboxylic acids is 1. The Morgan fingerprint density at radius 2 is 1.92 bits per heavy atom.